The first-order valence-corrected chi connectivity index (χ1v) is 25.3. The molecular weight excluding hydrogens is 1570 g/mol. The average molecular weight is 1650 g/mol. The minimum absolute atomic E-state index is 0. The number of nitrogens with zero attached hydrogens (tertiary/aromatic N) is 11. The fraction of sp³-hybridized carbons (Fsp3) is 0.159. The van der Waals surface area contributed by atoms with Gasteiger partial charge in [-0.3, -0.25) is 0 Å². The molecule has 0 N–H and O–H groups in total. The minimum Gasteiger partial charge on any atom is -0.363 e. The van der Waals surface area contributed by atoms with Crippen LogP contribution in [0.2, 0.25) is 0 Å². The molecule has 11 nitrogen and oxygen atoms in total. The van der Waals surface area contributed by atoms with Gasteiger partial charge < -0.3 is 91.0 Å². The van der Waals surface area contributed by atoms with E-state index >= 15 is 0 Å². The Labute approximate surface area is 593 Å². The molecule has 89 heavy (non-hydrogen) atoms. The van der Waals surface area contributed by atoms with Gasteiger partial charge in [-0.15, -0.1) is 30.3 Å². The van der Waals surface area contributed by atoms with Gasteiger partial charge in [0, 0.05) is 58.6 Å². The molecule has 0 atom stereocenters. The molecule has 5 aliphatic heterocycles. The van der Waals surface area contributed by atoms with Gasteiger partial charge in [0.1, 0.15) is 12.4 Å². The maximum Gasteiger partial charge on any atom is 2.00 e. The van der Waals surface area contributed by atoms with Gasteiger partial charge in [-0.05, 0) is 5.56 Å². The average Bonchev–Trinajstić information content (AvgIpc) is 1.93. The largest absolute Gasteiger partial charge is 2.00 e. The number of hydrogen-bond acceptors (Lipinski definition) is 10. The molecule has 0 saturated heterocycles. The monoisotopic (exact) mass is 1650 g/mol. The van der Waals surface area contributed by atoms with Crippen molar-refractivity contribution in [1.82, 2.24) is 24.5 Å². The maximum absolute atomic E-state index is 13.0. The zero-order valence-corrected chi connectivity index (χ0v) is 59.5. The molecule has 0 spiro atoms. The number of hydrogen-bond donors (Lipinski definition) is 0. The van der Waals surface area contributed by atoms with Crippen LogP contribution in [0.4, 0.5) is 46.0 Å². The summed E-state index contributed by atoms with van der Waals surface area (Å²) in [6, 6.07) is 75.2. The van der Waals surface area contributed by atoms with Gasteiger partial charge in [-0.2, -0.15) is 139 Å². The van der Waals surface area contributed by atoms with Crippen molar-refractivity contribution in [3.63, 3.8) is 0 Å². The van der Waals surface area contributed by atoms with Gasteiger partial charge in [0.05, 0.1) is 51.3 Å². The van der Waals surface area contributed by atoms with E-state index in [-0.39, 0.29) is 147 Å². The number of halogens is 4. The summed E-state index contributed by atoms with van der Waals surface area (Å²) in [5.41, 5.74) is 9.03. The normalized spacial score (nSPS) is 13.8. The first-order valence-electron chi connectivity index (χ1n) is 25.3. The number of rotatable bonds is 7. The second-order valence-corrected chi connectivity index (χ2v) is 18.6. The molecule has 5 aliphatic rings. The topological polar surface area (TPSA) is 36.8 Å². The van der Waals surface area contributed by atoms with E-state index in [1.165, 1.54) is 45.6 Å². The van der Waals surface area contributed by atoms with E-state index in [2.05, 4.69) is 160 Å². The number of allylic oxidation sites excluding steroid dienone is 1. The second kappa shape index (κ2) is 42.5. The summed E-state index contributed by atoms with van der Waals surface area (Å²) in [6.07, 6.45) is 4.24. The van der Waals surface area contributed by atoms with Crippen molar-refractivity contribution in [2.45, 2.75) is 6.18 Å². The van der Waals surface area contributed by atoms with Crippen LogP contribution in [0.5, 0.6) is 0 Å². The summed E-state index contributed by atoms with van der Waals surface area (Å²) >= 11 is 0. The van der Waals surface area contributed by atoms with E-state index < -0.39 is 11.9 Å². The Morgan fingerprint density at radius 1 is 0.393 bits per heavy atom. The third-order valence-electron chi connectivity index (χ3n) is 12.7. The molecule has 5 radical (unpaired) electrons. The molecule has 20 heteroatoms. The van der Waals surface area contributed by atoms with Crippen LogP contribution in [0.1, 0.15) is 11.1 Å². The Morgan fingerprint density at radius 2 is 0.764 bits per heavy atom. The van der Waals surface area contributed by atoms with Crippen molar-refractivity contribution in [1.29, 1.82) is 0 Å². The molecule has 5 heterocycles. The van der Waals surface area contributed by atoms with Crippen LogP contribution in [0, 0.1) is 74.0 Å². The van der Waals surface area contributed by atoms with E-state index in [4.69, 9.17) is 6.57 Å². The van der Waals surface area contributed by atoms with Gasteiger partial charge in [-0.25, -0.2) is 0 Å². The van der Waals surface area contributed by atoms with Gasteiger partial charge >= 0.3 is 104 Å². The van der Waals surface area contributed by atoms with Gasteiger partial charge in [0.2, 0.25) is 11.8 Å². The van der Waals surface area contributed by atoms with Gasteiger partial charge in [-0.1, -0.05) is 95.7 Å². The molecule has 0 aromatic heterocycles. The van der Waals surface area contributed by atoms with Crippen LogP contribution < -0.4 is 24.5 Å². The van der Waals surface area contributed by atoms with Crippen LogP contribution in [0.3, 0.4) is 0 Å². The van der Waals surface area contributed by atoms with Crippen molar-refractivity contribution in [3.05, 3.63) is 320 Å². The maximum atomic E-state index is 13.0. The van der Waals surface area contributed by atoms with Crippen LogP contribution in [0.15, 0.2) is 230 Å². The van der Waals surface area contributed by atoms with Crippen molar-refractivity contribution < 1.29 is 115 Å². The number of alkyl halides is 3. The van der Waals surface area contributed by atoms with Crippen molar-refractivity contribution in [2.75, 3.05) is 93.1 Å². The zero-order valence-electron chi connectivity index (χ0n) is 51.3. The summed E-state index contributed by atoms with van der Waals surface area (Å²) < 4.78 is 50.6. The zero-order chi connectivity index (χ0) is 55.7. The SMILES string of the molecule is CN1C=CN(c2[c-]cccc2)C1.CN1CN(c2[c-]cccc2)C(c2ccccc2)=C1c1ccccc1.CN1CN(c2[c-]cccc2)C=C1C(F)(F)F.CN1CN(c2[c-]cccc2)C=C1F.[C-]#[N+]C1=CN(c2[c-]cccc2)CN1C.[CH3-].[CH3-].[CH3-].[CH3-].[CH3-].[Rh+2].[Rh+2].[Rh+2].[Rh+2].[Rh+2]. The van der Waals surface area contributed by atoms with Gasteiger partial charge in [0.25, 0.3) is 0 Å². The van der Waals surface area contributed by atoms with E-state index in [0.717, 1.165) is 49.0 Å². The second-order valence-electron chi connectivity index (χ2n) is 18.6. The molecule has 12 rings (SSSR count). The molecule has 0 saturated carbocycles. The quantitative estimate of drug-likeness (QED) is 0.0667. The predicted octanol–water partition coefficient (Wildman–Crippen LogP) is 15.1. The summed E-state index contributed by atoms with van der Waals surface area (Å²) in [7, 11) is 9.25. The Balaban J connectivity index is -0.00000103. The molecule has 7 aromatic rings. The number of anilines is 5. The van der Waals surface area contributed by atoms with Crippen LogP contribution >= 0.6 is 0 Å². The van der Waals surface area contributed by atoms with Crippen LogP contribution in [0.25, 0.3) is 16.2 Å². The molecule has 0 unspecified atom stereocenters. The molecular formula is C69H75F4N11Rh5. The van der Waals surface area contributed by atoms with E-state index in [1.807, 2.05) is 107 Å². The Kier molecular flexibility index (Phi) is 41.5. The number of benzene rings is 7. The molecule has 0 aliphatic carbocycles. The molecule has 479 valence electrons. The Bertz CT molecular complexity index is 3240. The van der Waals surface area contributed by atoms with Crippen molar-refractivity contribution in [3.8, 4) is 0 Å². The Hall–Kier alpha value is -6.43. The van der Waals surface area contributed by atoms with Crippen LogP contribution in [-0.2, 0) is 97.4 Å². The van der Waals surface area contributed by atoms with Crippen molar-refractivity contribution in [2.24, 2.45) is 0 Å². The molecule has 7 aromatic carbocycles. The fourth-order valence-electron chi connectivity index (χ4n) is 8.76. The molecule has 0 bridgehead atoms. The molecule has 0 fully saturated rings. The summed E-state index contributed by atoms with van der Waals surface area (Å²) in [5, 5.41) is 0. The third-order valence-corrected chi connectivity index (χ3v) is 12.7. The smallest absolute Gasteiger partial charge is 0.363 e. The van der Waals surface area contributed by atoms with E-state index in [0.29, 0.717) is 18.2 Å². The van der Waals surface area contributed by atoms with Gasteiger partial charge in [0.15, 0.2) is 0 Å². The van der Waals surface area contributed by atoms with E-state index in [1.54, 1.807) is 36.2 Å². The summed E-state index contributed by atoms with van der Waals surface area (Å²) in [6.45, 7) is 10.2. The first-order chi connectivity index (χ1) is 38.3. The third kappa shape index (κ3) is 24.0. The Morgan fingerprint density at radius 3 is 1.11 bits per heavy atom. The first kappa shape index (κ1) is 86.8. The number of para-hydroxylation sites is 5. The minimum atomic E-state index is -4.31. The van der Waals surface area contributed by atoms with E-state index in [9.17, 15) is 17.6 Å². The van der Waals surface area contributed by atoms with Crippen molar-refractivity contribution >= 4 is 39.8 Å². The standard InChI is InChI=1S/C22H19N2.C11H10F3N2.C11H10N3.C10H10FN2.C10H11N2.5CH3.5Rh/c1-23-17-24(20-15-9-4-10-16-20)22(19-13-7-3-8-14-19)21(23)18-11-5-2-6-12-18;1-15-8-16(7-10(15)11(12,13)14)9-5-3-2-4-6-9;1-12-11-8-14(9-13(11)2)10-6-4-3-5-7-10;1-12-8-13(7-10(12)11)9-5-3-2-4-6-9;1-11-7-8-12(9-11)10-5-3-2-4-6-10;;;;;;;;;;/h2-15H,17H2,1H3;2-5,7H,8H2,1H3;3-6,8H,9H2,2H3;2-5,7H,8H2,1H3;2-5,7-8H,9H2,1H3;5*1H3;;;;;/q10*-1;5*+2. The molecule has 0 amide bonds. The predicted molar refractivity (Wildman–Crippen MR) is 341 cm³/mol. The van der Waals surface area contributed by atoms with Crippen LogP contribution in [-0.4, -0.2) is 99.3 Å². The summed E-state index contributed by atoms with van der Waals surface area (Å²) in [4.78, 5) is 22.3. The fourth-order valence-corrected chi connectivity index (χ4v) is 8.76. The summed E-state index contributed by atoms with van der Waals surface area (Å²) in [5.74, 6) is 0.458.